The fourth-order valence-electron chi connectivity index (χ4n) is 8.93. The SMILES string of the molecule is CCc1cc2c(-c3ccccc3)cccc2[cH-]1.[B]=C1C(CC=[Si](C)c2ccccc2)=C(c2c(F)c(F)c(F)c(F)c2F)c2c1ccc(-c1c(F)c(F)c(F)c(F)c1F)c2-c1ccccc1.[Zr+3].[c-]1ccccc1.[c-]1ccccc1. The molecule has 1 aliphatic carbocycles. The van der Waals surface area contributed by atoms with Crippen LogP contribution in [0.1, 0.15) is 35.6 Å². The van der Waals surface area contributed by atoms with Gasteiger partial charge in [0.1, 0.15) is 0 Å². The summed E-state index contributed by atoms with van der Waals surface area (Å²) < 4.78 is 149. The summed E-state index contributed by atoms with van der Waals surface area (Å²) in [6.07, 6.45) is 0.948. The molecule has 0 N–H and O–H groups in total. The minimum absolute atomic E-state index is 0. The summed E-state index contributed by atoms with van der Waals surface area (Å²) in [6, 6.07) is 65.2. The standard InChI is InChI=1S/C36H18BF10Si.C17H15.2C6H5.Zr/c1-48(17-10-6-3-7-11-17)15-14-20-23(25-29(40)33(44)36(47)34(45)30(25)41)22-19(26(20)37)13-12-18(21(22)16-8-4-2-5-9-16)24-27(38)31(42)35(46)32(43)28(24)39;1-2-13-11-15-9-6-10-16(17(15)12-13)14-7-4-3-5-8-14;2*1-2-4-6-5-3-1;/h2-13,15H,14H2,1H3;3-12H,2H2,1H3;2*1-5H;/q;3*-1;+3. The second-order valence-corrected chi connectivity index (χ2v) is 19.8. The number of benzene rings is 9. The van der Waals surface area contributed by atoms with Crippen molar-refractivity contribution in [1.82, 2.24) is 0 Å². The predicted octanol–water partition coefficient (Wildman–Crippen LogP) is 16.5. The minimum atomic E-state index is -2.42. The molecule has 0 saturated heterocycles. The number of fused-ring (bicyclic) bond motifs is 2. The first-order chi connectivity index (χ1) is 37.2. The van der Waals surface area contributed by atoms with Crippen LogP contribution < -0.4 is 5.19 Å². The summed E-state index contributed by atoms with van der Waals surface area (Å²) in [5.41, 5.74) is 1.07. The van der Waals surface area contributed by atoms with E-state index in [1.165, 1.54) is 51.7 Å². The quantitative estimate of drug-likeness (QED) is 0.0468. The molecule has 0 aliphatic heterocycles. The van der Waals surface area contributed by atoms with Gasteiger partial charge in [0.05, 0.1) is 0 Å². The van der Waals surface area contributed by atoms with Gasteiger partial charge in [-0.1, -0.05) is 48.9 Å². The van der Waals surface area contributed by atoms with E-state index >= 15 is 17.6 Å². The smallest absolute Gasteiger partial charge is 0.184 e. The second kappa shape index (κ2) is 26.7. The first-order valence-electron chi connectivity index (χ1n) is 24.2. The Morgan fingerprint density at radius 3 is 1.38 bits per heavy atom. The third-order valence-electron chi connectivity index (χ3n) is 12.7. The molecule has 0 bridgehead atoms. The molecule has 2 radical (unpaired) electrons. The minimum Gasteiger partial charge on any atom is -0.184 e. The summed E-state index contributed by atoms with van der Waals surface area (Å²) in [4.78, 5) is 0. The monoisotopic (exact) mass is 1140 g/mol. The van der Waals surface area contributed by atoms with Gasteiger partial charge >= 0.3 is 296 Å². The van der Waals surface area contributed by atoms with Gasteiger partial charge in [-0.3, -0.25) is 0 Å². The van der Waals surface area contributed by atoms with Gasteiger partial charge in [0.25, 0.3) is 0 Å². The van der Waals surface area contributed by atoms with E-state index in [1.807, 2.05) is 79.3 Å². The number of hydrogen-bond acceptors (Lipinski definition) is 0. The van der Waals surface area contributed by atoms with Gasteiger partial charge in [-0.15, -0.1) is 34.5 Å². The van der Waals surface area contributed by atoms with E-state index in [0.29, 0.717) is 0 Å². The van der Waals surface area contributed by atoms with Crippen LogP contribution in [-0.4, -0.2) is 27.0 Å². The Bertz CT molecular complexity index is 3630. The topological polar surface area (TPSA) is 0 Å². The van der Waals surface area contributed by atoms with Crippen molar-refractivity contribution in [2.75, 3.05) is 0 Å². The van der Waals surface area contributed by atoms with Crippen LogP contribution in [0, 0.1) is 70.3 Å². The van der Waals surface area contributed by atoms with Gasteiger partial charge < -0.3 is 0 Å². The Kier molecular flexibility index (Phi) is 20.0. The molecule has 0 fully saturated rings. The van der Waals surface area contributed by atoms with Gasteiger partial charge in [0.15, 0.2) is 0 Å². The van der Waals surface area contributed by atoms with Crippen molar-refractivity contribution in [3.8, 4) is 33.4 Å². The maximum atomic E-state index is 15.7. The second-order valence-electron chi connectivity index (χ2n) is 17.4. The molecule has 0 unspecified atom stereocenters. The van der Waals surface area contributed by atoms with Crippen LogP contribution in [0.5, 0.6) is 0 Å². The number of rotatable bonds is 8. The molecular weight excluding hydrogens is 1100 g/mol. The Morgan fingerprint density at radius 1 is 0.462 bits per heavy atom. The van der Waals surface area contributed by atoms with E-state index < -0.39 is 88.8 Å². The van der Waals surface area contributed by atoms with Crippen molar-refractivity contribution in [3.63, 3.8) is 0 Å². The van der Waals surface area contributed by atoms with E-state index in [0.717, 1.165) is 23.7 Å². The fourth-order valence-corrected chi connectivity index (χ4v) is 10.4. The van der Waals surface area contributed by atoms with Crippen LogP contribution in [0.25, 0.3) is 49.7 Å². The molecule has 0 heterocycles. The third-order valence-corrected chi connectivity index (χ3v) is 14.8. The van der Waals surface area contributed by atoms with Crippen molar-refractivity contribution in [3.05, 3.63) is 292 Å². The molecule has 0 atom stereocenters. The van der Waals surface area contributed by atoms with Crippen molar-refractivity contribution < 1.29 is 70.1 Å². The predicted molar refractivity (Wildman–Crippen MR) is 293 cm³/mol. The van der Waals surface area contributed by atoms with Gasteiger partial charge in [0, 0.05) is 0 Å². The molecule has 1 aliphatic rings. The molecule has 0 aromatic heterocycles. The van der Waals surface area contributed by atoms with Crippen molar-refractivity contribution in [2.24, 2.45) is 0 Å². The molecular formula is C65H43BF10SiZr. The largest absolute Gasteiger partial charge is 3.00 e. The zero-order valence-electron chi connectivity index (χ0n) is 41.8. The molecule has 10 aromatic rings. The third kappa shape index (κ3) is 12.4. The Morgan fingerprint density at radius 2 is 0.910 bits per heavy atom. The van der Waals surface area contributed by atoms with Crippen LogP contribution in [-0.2, 0) is 32.6 Å². The Hall–Kier alpha value is -7.47. The van der Waals surface area contributed by atoms with E-state index in [4.69, 9.17) is 7.49 Å². The molecule has 0 saturated carbocycles. The van der Waals surface area contributed by atoms with Crippen LogP contribution in [0.3, 0.4) is 0 Å². The summed E-state index contributed by atoms with van der Waals surface area (Å²) in [5, 5.41) is 3.65. The van der Waals surface area contributed by atoms with Gasteiger partial charge in [0.2, 0.25) is 0 Å². The number of halogens is 10. The summed E-state index contributed by atoms with van der Waals surface area (Å²) in [5.74, 6) is -22.6. The van der Waals surface area contributed by atoms with Crippen LogP contribution >= 0.6 is 0 Å². The number of hydrogen-bond donors (Lipinski definition) is 0. The van der Waals surface area contributed by atoms with Crippen molar-refractivity contribution in [1.29, 1.82) is 0 Å². The maximum Gasteiger partial charge on any atom is 3.00 e. The number of aryl methyl sites for hydroxylation is 1. The molecule has 384 valence electrons. The maximum absolute atomic E-state index is 15.7. The molecule has 0 amide bonds. The summed E-state index contributed by atoms with van der Waals surface area (Å²) in [7, 11) is 5.05. The average molecular weight is 1140 g/mol. The van der Waals surface area contributed by atoms with Gasteiger partial charge in [-0.05, 0) is 12.0 Å². The summed E-state index contributed by atoms with van der Waals surface area (Å²) >= 11 is 0. The molecule has 78 heavy (non-hydrogen) atoms. The van der Waals surface area contributed by atoms with Gasteiger partial charge in [-0.25, -0.2) is 0 Å². The first-order valence-corrected chi connectivity index (χ1v) is 26.2. The average Bonchev–Trinajstić information content (AvgIpc) is 4.21. The van der Waals surface area contributed by atoms with E-state index in [1.54, 1.807) is 29.9 Å². The van der Waals surface area contributed by atoms with Gasteiger partial charge in [-0.2, -0.15) is 78.9 Å². The van der Waals surface area contributed by atoms with E-state index in [9.17, 15) is 26.3 Å². The molecule has 10 aromatic carbocycles. The molecule has 13 heteroatoms. The van der Waals surface area contributed by atoms with Crippen molar-refractivity contribution in [2.45, 2.75) is 26.3 Å². The number of allylic oxidation sites excluding steroid dienone is 1. The van der Waals surface area contributed by atoms with Crippen LogP contribution in [0.15, 0.2) is 200 Å². The van der Waals surface area contributed by atoms with Crippen LogP contribution in [0.4, 0.5) is 43.9 Å². The Labute approximate surface area is 467 Å². The van der Waals surface area contributed by atoms with Crippen molar-refractivity contribution >= 4 is 48.6 Å². The van der Waals surface area contributed by atoms with Crippen LogP contribution in [0.2, 0.25) is 6.55 Å². The normalized spacial score (nSPS) is 11.6. The van der Waals surface area contributed by atoms with E-state index in [2.05, 4.69) is 79.7 Å². The zero-order chi connectivity index (χ0) is 54.8. The summed E-state index contributed by atoms with van der Waals surface area (Å²) in [6.45, 7) is 4.10. The van der Waals surface area contributed by atoms with E-state index in [-0.39, 0.29) is 65.9 Å². The molecule has 11 rings (SSSR count). The molecule has 0 spiro atoms. The fraction of sp³-hybridized carbons (Fsp3) is 0.0615. The zero-order valence-corrected chi connectivity index (χ0v) is 45.3. The molecule has 0 nitrogen and oxygen atoms in total. The first kappa shape index (κ1) is 58.2. The Balaban J connectivity index is 0.000000236.